The second-order valence-electron chi connectivity index (χ2n) is 10.7. The van der Waals surface area contributed by atoms with Gasteiger partial charge in [0.2, 0.25) is 0 Å². The Hall–Kier alpha value is -4.96. The van der Waals surface area contributed by atoms with Crippen LogP contribution in [0, 0.1) is 0 Å². The van der Waals surface area contributed by atoms with Crippen LogP contribution in [0.3, 0.4) is 0 Å². The third-order valence-corrected chi connectivity index (χ3v) is 9.33. The Morgan fingerprint density at radius 1 is 1.02 bits per heavy atom. The van der Waals surface area contributed by atoms with Gasteiger partial charge in [-0.1, -0.05) is 36.4 Å². The van der Waals surface area contributed by atoms with Crippen LogP contribution >= 0.6 is 0 Å². The molecule has 0 saturated heterocycles. The molecule has 5 aromatic rings. The second kappa shape index (κ2) is 12.7. The highest BCUT2D eigenvalue weighted by Gasteiger charge is 2.28. The fourth-order valence-corrected chi connectivity index (χ4v) is 6.91. The van der Waals surface area contributed by atoms with Crippen LogP contribution in [0.4, 0.5) is 0 Å². The topological polar surface area (TPSA) is 120 Å². The zero-order chi connectivity index (χ0) is 30.5. The Morgan fingerprint density at radius 3 is 2.66 bits per heavy atom. The molecule has 0 bridgehead atoms. The molecule has 1 atom stereocenters. The van der Waals surface area contributed by atoms with Gasteiger partial charge in [0.1, 0.15) is 17.6 Å². The van der Waals surface area contributed by atoms with Gasteiger partial charge in [0, 0.05) is 35.5 Å². The number of fused-ring (bicyclic) bond motifs is 1. The summed E-state index contributed by atoms with van der Waals surface area (Å²) in [4.78, 5) is 29.8. The Bertz CT molecular complexity index is 1870. The average Bonchev–Trinajstić information content (AvgIpc) is 3.76. The molecule has 0 saturated carbocycles. The third kappa shape index (κ3) is 6.50. The highest BCUT2D eigenvalue weighted by Crippen LogP contribution is 2.36. The lowest BCUT2D eigenvalue weighted by Gasteiger charge is -2.26. The molecule has 6 rings (SSSR count). The fourth-order valence-electron chi connectivity index (χ4n) is 5.45. The summed E-state index contributed by atoms with van der Waals surface area (Å²) < 4.78 is 41.7. The van der Waals surface area contributed by atoms with Gasteiger partial charge in [-0.15, -0.1) is 0 Å². The van der Waals surface area contributed by atoms with Gasteiger partial charge in [0.25, 0.3) is 5.91 Å². The number of benzene rings is 3. The van der Waals surface area contributed by atoms with E-state index in [0.717, 1.165) is 5.56 Å². The largest absolute Gasteiger partial charge is 0.484 e. The van der Waals surface area contributed by atoms with Crippen molar-refractivity contribution in [1.29, 1.82) is 0 Å². The minimum Gasteiger partial charge on any atom is -0.484 e. The van der Waals surface area contributed by atoms with E-state index in [1.165, 1.54) is 18.4 Å². The molecule has 1 amide bonds. The third-order valence-electron chi connectivity index (χ3n) is 7.69. The standard InChI is InChI=1S/C34H31N3O6S/c38-31-13-5-12-28-29(31)14-15-32(43-33(21-37-17-16-35-23-37)24-7-2-1-3-8-24)30(28)22-44(40,41)27-11-4-9-25(19-27)34(39)36-20-26-10-6-18-42-26/h1-4,6-11,14-19,23,33H,5,12-13,20-22H2,(H,36,39). The van der Waals surface area contributed by atoms with Gasteiger partial charge in [-0.05, 0) is 66.4 Å². The molecule has 1 aliphatic carbocycles. The van der Waals surface area contributed by atoms with Crippen LogP contribution in [0.2, 0.25) is 0 Å². The first-order valence-corrected chi connectivity index (χ1v) is 16.0. The van der Waals surface area contributed by atoms with E-state index in [9.17, 15) is 18.0 Å². The summed E-state index contributed by atoms with van der Waals surface area (Å²) >= 11 is 0. The van der Waals surface area contributed by atoms with Gasteiger partial charge in [-0.2, -0.15) is 0 Å². The number of amides is 1. The van der Waals surface area contributed by atoms with Crippen molar-refractivity contribution in [3.8, 4) is 5.75 Å². The number of aromatic nitrogens is 2. The van der Waals surface area contributed by atoms with Crippen molar-refractivity contribution in [2.45, 2.75) is 49.1 Å². The molecule has 0 radical (unpaired) electrons. The normalized spacial score (nSPS) is 13.7. The molecule has 1 N–H and O–H groups in total. The van der Waals surface area contributed by atoms with Gasteiger partial charge in [0.05, 0.1) is 36.3 Å². The Balaban J connectivity index is 1.33. The number of hydrogen-bond donors (Lipinski definition) is 1. The van der Waals surface area contributed by atoms with Crippen LogP contribution in [0.1, 0.15) is 62.1 Å². The number of nitrogens with one attached hydrogen (secondary N) is 1. The second-order valence-corrected chi connectivity index (χ2v) is 12.7. The van der Waals surface area contributed by atoms with E-state index >= 15 is 0 Å². The molecule has 224 valence electrons. The van der Waals surface area contributed by atoms with Crippen molar-refractivity contribution in [2.75, 3.05) is 0 Å². The van der Waals surface area contributed by atoms with E-state index < -0.39 is 21.8 Å². The van der Waals surface area contributed by atoms with Crippen LogP contribution in [0.15, 0.2) is 113 Å². The first-order valence-electron chi connectivity index (χ1n) is 14.4. The Labute approximate surface area is 255 Å². The van der Waals surface area contributed by atoms with Crippen LogP contribution in [0.5, 0.6) is 5.75 Å². The number of ether oxygens (including phenoxy) is 1. The number of imidazole rings is 1. The number of furan rings is 1. The van der Waals surface area contributed by atoms with E-state index in [1.54, 1.807) is 48.9 Å². The number of nitrogens with zero attached hydrogens (tertiary/aromatic N) is 2. The number of hydrogen-bond acceptors (Lipinski definition) is 7. The predicted octanol–water partition coefficient (Wildman–Crippen LogP) is 5.72. The average molecular weight is 610 g/mol. The maximum Gasteiger partial charge on any atom is 0.251 e. The first-order chi connectivity index (χ1) is 21.4. The first kappa shape index (κ1) is 29.1. The lowest BCUT2D eigenvalue weighted by Crippen LogP contribution is -2.23. The lowest BCUT2D eigenvalue weighted by molar-refractivity contribution is 0.0945. The summed E-state index contributed by atoms with van der Waals surface area (Å²) in [5, 5.41) is 2.75. The molecule has 1 aliphatic rings. The van der Waals surface area contributed by atoms with Gasteiger partial charge in [-0.3, -0.25) is 9.59 Å². The maximum atomic E-state index is 14.0. The highest BCUT2D eigenvalue weighted by atomic mass is 32.2. The summed E-state index contributed by atoms with van der Waals surface area (Å²) in [5.41, 5.74) is 2.82. The smallest absolute Gasteiger partial charge is 0.251 e. The van der Waals surface area contributed by atoms with E-state index in [-0.39, 0.29) is 28.5 Å². The monoisotopic (exact) mass is 609 g/mol. The molecule has 10 heteroatoms. The minimum absolute atomic E-state index is 0.00635. The van der Waals surface area contributed by atoms with Gasteiger partial charge < -0.3 is 19.0 Å². The highest BCUT2D eigenvalue weighted by molar-refractivity contribution is 7.90. The number of carbonyl (C=O) groups is 2. The zero-order valence-electron chi connectivity index (χ0n) is 23.9. The molecular weight excluding hydrogens is 578 g/mol. The van der Waals surface area contributed by atoms with Crippen molar-refractivity contribution in [1.82, 2.24) is 14.9 Å². The van der Waals surface area contributed by atoms with Crippen LogP contribution in [0.25, 0.3) is 0 Å². The van der Waals surface area contributed by atoms with Crippen molar-refractivity contribution in [2.24, 2.45) is 0 Å². The predicted molar refractivity (Wildman–Crippen MR) is 163 cm³/mol. The summed E-state index contributed by atoms with van der Waals surface area (Å²) in [6.07, 6.45) is 7.91. The maximum absolute atomic E-state index is 14.0. The molecule has 3 aromatic carbocycles. The molecule has 0 spiro atoms. The number of Topliss-reactive ketones (excluding diaryl/α,β-unsaturated/α-hetero) is 1. The summed E-state index contributed by atoms with van der Waals surface area (Å²) in [5.74, 6) is 0.173. The van der Waals surface area contributed by atoms with E-state index in [2.05, 4.69) is 10.3 Å². The fraction of sp³-hybridized carbons (Fsp3) is 0.206. The van der Waals surface area contributed by atoms with Gasteiger partial charge in [-0.25, -0.2) is 13.4 Å². The Kier molecular flexibility index (Phi) is 8.42. The molecule has 0 aliphatic heterocycles. The van der Waals surface area contributed by atoms with Crippen molar-refractivity contribution >= 4 is 21.5 Å². The number of ketones is 1. The zero-order valence-corrected chi connectivity index (χ0v) is 24.7. The summed E-state index contributed by atoms with van der Waals surface area (Å²) in [6.45, 7) is 0.622. The number of rotatable bonds is 11. The molecule has 2 heterocycles. The van der Waals surface area contributed by atoms with E-state index in [1.807, 2.05) is 41.1 Å². The van der Waals surface area contributed by atoms with Crippen molar-refractivity contribution in [3.63, 3.8) is 0 Å². The van der Waals surface area contributed by atoms with Crippen molar-refractivity contribution in [3.05, 3.63) is 137 Å². The molecule has 2 aromatic heterocycles. The molecule has 44 heavy (non-hydrogen) atoms. The van der Waals surface area contributed by atoms with Crippen molar-refractivity contribution < 1.29 is 27.2 Å². The van der Waals surface area contributed by atoms with Crippen LogP contribution in [-0.4, -0.2) is 29.7 Å². The number of sulfone groups is 1. The summed E-state index contributed by atoms with van der Waals surface area (Å²) in [6, 6.07) is 22.6. The minimum atomic E-state index is -3.96. The molecule has 0 fully saturated rings. The lowest BCUT2D eigenvalue weighted by atomic mass is 9.87. The SMILES string of the molecule is O=C(NCc1ccco1)c1cccc(S(=O)(=O)Cc2c(OC(Cn3ccnc3)c3ccccc3)ccc3c2CCCC3=O)c1. The quantitative estimate of drug-likeness (QED) is 0.203. The van der Waals surface area contributed by atoms with E-state index in [4.69, 9.17) is 9.15 Å². The summed E-state index contributed by atoms with van der Waals surface area (Å²) in [7, 11) is -3.96. The van der Waals surface area contributed by atoms with Gasteiger partial charge >= 0.3 is 0 Å². The molecule has 1 unspecified atom stereocenters. The van der Waals surface area contributed by atoms with Crippen LogP contribution < -0.4 is 10.1 Å². The van der Waals surface area contributed by atoms with Gasteiger partial charge in [0.15, 0.2) is 15.6 Å². The van der Waals surface area contributed by atoms with Crippen LogP contribution in [-0.2, 0) is 35.1 Å². The Morgan fingerprint density at radius 2 is 1.89 bits per heavy atom. The molecular formula is C34H31N3O6S. The number of carbonyl (C=O) groups excluding carboxylic acids is 2. The van der Waals surface area contributed by atoms with E-state index in [0.29, 0.717) is 54.0 Å². The molecule has 9 nitrogen and oxygen atoms in total.